The number of fused-ring (bicyclic) bond motifs is 1. The van der Waals surface area contributed by atoms with Gasteiger partial charge in [-0.3, -0.25) is 0 Å². The van der Waals surface area contributed by atoms with Crippen LogP contribution in [0.2, 0.25) is 0 Å². The summed E-state index contributed by atoms with van der Waals surface area (Å²) in [5.41, 5.74) is 5.94. The zero-order valence-corrected chi connectivity index (χ0v) is 14.0. The Bertz CT molecular complexity index is 984. The molecule has 0 aliphatic carbocycles. The second-order valence-electron chi connectivity index (χ2n) is 5.97. The minimum atomic E-state index is 0.757. The molecule has 2 heteroatoms. The molecule has 0 fully saturated rings. The molecular weight excluding hydrogens is 304 g/mol. The van der Waals surface area contributed by atoms with Crippen LogP contribution in [-0.2, 0) is 0 Å². The first-order valence-corrected chi connectivity index (χ1v) is 8.47. The monoisotopic (exact) mass is 324 g/mol. The van der Waals surface area contributed by atoms with Gasteiger partial charge in [-0.2, -0.15) is 0 Å². The van der Waals surface area contributed by atoms with E-state index in [0.717, 1.165) is 6.54 Å². The van der Waals surface area contributed by atoms with E-state index >= 15 is 0 Å². The van der Waals surface area contributed by atoms with Crippen molar-refractivity contribution in [3.8, 4) is 11.3 Å². The molecule has 0 saturated heterocycles. The maximum absolute atomic E-state index is 3.95. The third kappa shape index (κ3) is 2.83. The quantitative estimate of drug-likeness (QED) is 0.413. The fraction of sp³-hybridized carbons (Fsp3) is 0.0435. The van der Waals surface area contributed by atoms with Crippen LogP contribution in [0.1, 0.15) is 0 Å². The molecule has 0 saturated carbocycles. The van der Waals surface area contributed by atoms with Gasteiger partial charge in [0.15, 0.2) is 0 Å². The van der Waals surface area contributed by atoms with Gasteiger partial charge >= 0.3 is 0 Å². The Balaban J connectivity index is 1.94. The number of anilines is 2. The number of rotatable bonds is 5. The molecule has 0 radical (unpaired) electrons. The van der Waals surface area contributed by atoms with Crippen molar-refractivity contribution in [1.29, 1.82) is 0 Å². The fourth-order valence-electron chi connectivity index (χ4n) is 3.26. The molecule has 2 aromatic carbocycles. The molecule has 0 unspecified atom stereocenters. The van der Waals surface area contributed by atoms with Crippen molar-refractivity contribution in [3.63, 3.8) is 0 Å². The van der Waals surface area contributed by atoms with Gasteiger partial charge < -0.3 is 9.30 Å². The highest BCUT2D eigenvalue weighted by molar-refractivity contribution is 5.86. The van der Waals surface area contributed by atoms with Crippen LogP contribution in [-0.4, -0.2) is 10.9 Å². The lowest BCUT2D eigenvalue weighted by Crippen LogP contribution is -2.16. The van der Waals surface area contributed by atoms with Crippen molar-refractivity contribution in [2.24, 2.45) is 0 Å². The summed E-state index contributed by atoms with van der Waals surface area (Å²) in [6.45, 7) is 4.70. The van der Waals surface area contributed by atoms with Crippen molar-refractivity contribution < 1.29 is 0 Å². The maximum atomic E-state index is 3.95. The van der Waals surface area contributed by atoms with Crippen molar-refractivity contribution in [2.75, 3.05) is 11.4 Å². The molecule has 0 amide bonds. The zero-order chi connectivity index (χ0) is 17.1. The Morgan fingerprint density at radius 1 is 0.840 bits per heavy atom. The minimum absolute atomic E-state index is 0.757. The first-order chi connectivity index (χ1) is 12.4. The molecule has 2 aromatic heterocycles. The molecule has 4 aromatic rings. The van der Waals surface area contributed by atoms with Crippen LogP contribution >= 0.6 is 0 Å². The smallest absolute Gasteiger partial charge is 0.0694 e. The molecule has 2 nitrogen and oxygen atoms in total. The van der Waals surface area contributed by atoms with E-state index in [1.807, 2.05) is 18.2 Å². The van der Waals surface area contributed by atoms with Gasteiger partial charge in [0.25, 0.3) is 0 Å². The van der Waals surface area contributed by atoms with Crippen LogP contribution < -0.4 is 4.90 Å². The van der Waals surface area contributed by atoms with Crippen molar-refractivity contribution in [3.05, 3.63) is 104 Å². The van der Waals surface area contributed by atoms with Crippen LogP contribution in [0.3, 0.4) is 0 Å². The number of hydrogen-bond donors (Lipinski definition) is 0. The summed E-state index contributed by atoms with van der Waals surface area (Å²) in [6.07, 6.45) is 4.07. The molecule has 25 heavy (non-hydrogen) atoms. The second-order valence-corrected chi connectivity index (χ2v) is 5.97. The van der Waals surface area contributed by atoms with Gasteiger partial charge in [-0.15, -0.1) is 6.58 Å². The Hall–Kier alpha value is -3.26. The molecule has 0 aliphatic rings. The van der Waals surface area contributed by atoms with Crippen LogP contribution in [0, 0.1) is 0 Å². The van der Waals surface area contributed by atoms with Crippen LogP contribution in [0.4, 0.5) is 11.4 Å². The average molecular weight is 324 g/mol. The normalized spacial score (nSPS) is 10.7. The van der Waals surface area contributed by atoms with Crippen molar-refractivity contribution in [1.82, 2.24) is 4.40 Å². The van der Waals surface area contributed by atoms with Gasteiger partial charge in [-0.1, -0.05) is 60.7 Å². The fourth-order valence-corrected chi connectivity index (χ4v) is 3.26. The molecule has 0 N–H and O–H groups in total. The highest BCUT2D eigenvalue weighted by Gasteiger charge is 2.16. The number of nitrogens with zero attached hydrogens (tertiary/aromatic N) is 2. The van der Waals surface area contributed by atoms with Gasteiger partial charge in [-0.05, 0) is 35.9 Å². The first-order valence-electron chi connectivity index (χ1n) is 8.47. The third-order valence-electron chi connectivity index (χ3n) is 4.40. The lowest BCUT2D eigenvalue weighted by atomic mass is 10.1. The number of aromatic nitrogens is 1. The Kier molecular flexibility index (Phi) is 4.09. The van der Waals surface area contributed by atoms with Crippen molar-refractivity contribution >= 4 is 16.9 Å². The van der Waals surface area contributed by atoms with E-state index in [4.69, 9.17) is 0 Å². The standard InChI is InChI=1S/C23H20N2/c1-2-16-24(20-13-7-4-8-14-20)23-18-22(19-11-5-3-6-12-19)25-17-10-9-15-21(23)25/h2-15,17-18H,1,16H2. The van der Waals surface area contributed by atoms with E-state index in [9.17, 15) is 0 Å². The summed E-state index contributed by atoms with van der Waals surface area (Å²) in [4.78, 5) is 2.30. The molecule has 4 rings (SSSR count). The molecule has 0 spiro atoms. The number of hydrogen-bond acceptors (Lipinski definition) is 1. The molecular formula is C23H20N2. The first kappa shape index (κ1) is 15.3. The van der Waals surface area contributed by atoms with E-state index in [1.54, 1.807) is 0 Å². The van der Waals surface area contributed by atoms with Crippen molar-refractivity contribution in [2.45, 2.75) is 0 Å². The summed E-state index contributed by atoms with van der Waals surface area (Å²) in [6, 6.07) is 29.6. The predicted molar refractivity (Wildman–Crippen MR) is 106 cm³/mol. The highest BCUT2D eigenvalue weighted by Crippen LogP contribution is 2.35. The minimum Gasteiger partial charge on any atom is -0.336 e. The van der Waals surface area contributed by atoms with Crippen LogP contribution in [0.25, 0.3) is 16.8 Å². The topological polar surface area (TPSA) is 7.65 Å². The van der Waals surface area contributed by atoms with E-state index in [0.29, 0.717) is 0 Å². The Morgan fingerprint density at radius 3 is 2.24 bits per heavy atom. The number of para-hydroxylation sites is 1. The van der Waals surface area contributed by atoms with E-state index in [1.165, 1.54) is 28.1 Å². The second kappa shape index (κ2) is 6.70. The zero-order valence-electron chi connectivity index (χ0n) is 14.0. The summed E-state index contributed by atoms with van der Waals surface area (Å²) >= 11 is 0. The maximum Gasteiger partial charge on any atom is 0.0694 e. The largest absolute Gasteiger partial charge is 0.336 e. The molecule has 0 bridgehead atoms. The lowest BCUT2D eigenvalue weighted by molar-refractivity contribution is 1.10. The van der Waals surface area contributed by atoms with Gasteiger partial charge in [0, 0.05) is 18.4 Å². The van der Waals surface area contributed by atoms with Crippen LogP contribution in [0.15, 0.2) is 104 Å². The number of pyridine rings is 1. The Labute approximate surface area is 148 Å². The molecule has 0 atom stereocenters. The lowest BCUT2D eigenvalue weighted by Gasteiger charge is -2.22. The molecule has 2 heterocycles. The van der Waals surface area contributed by atoms with Crippen LogP contribution in [0.5, 0.6) is 0 Å². The van der Waals surface area contributed by atoms with E-state index < -0.39 is 0 Å². The SMILES string of the molecule is C=CCN(c1ccccc1)c1cc(-c2ccccc2)n2ccccc12. The average Bonchev–Trinajstić information content (AvgIpc) is 3.07. The summed E-state index contributed by atoms with van der Waals surface area (Å²) in [5.74, 6) is 0. The Morgan fingerprint density at radius 2 is 1.52 bits per heavy atom. The highest BCUT2D eigenvalue weighted by atomic mass is 15.2. The van der Waals surface area contributed by atoms with Gasteiger partial charge in [0.1, 0.15) is 0 Å². The number of benzene rings is 2. The molecule has 122 valence electrons. The summed E-state index contributed by atoms with van der Waals surface area (Å²) < 4.78 is 2.25. The summed E-state index contributed by atoms with van der Waals surface area (Å²) in [5, 5.41) is 0. The van der Waals surface area contributed by atoms with E-state index in [-0.39, 0.29) is 0 Å². The predicted octanol–water partition coefficient (Wildman–Crippen LogP) is 5.93. The van der Waals surface area contributed by atoms with Gasteiger partial charge in [0.05, 0.1) is 16.9 Å². The molecule has 0 aliphatic heterocycles. The third-order valence-corrected chi connectivity index (χ3v) is 4.40. The van der Waals surface area contributed by atoms with Gasteiger partial charge in [-0.25, -0.2) is 0 Å². The van der Waals surface area contributed by atoms with E-state index in [2.05, 4.69) is 94.9 Å². The van der Waals surface area contributed by atoms with Gasteiger partial charge in [0.2, 0.25) is 0 Å². The summed E-state index contributed by atoms with van der Waals surface area (Å²) in [7, 11) is 0.